The summed E-state index contributed by atoms with van der Waals surface area (Å²) in [5, 5.41) is 26.6. The topological polar surface area (TPSA) is 154 Å². The van der Waals surface area contributed by atoms with Crippen molar-refractivity contribution in [1.82, 2.24) is 19.7 Å². The number of fused-ring (bicyclic) bond motifs is 6. The Morgan fingerprint density at radius 1 is 0.985 bits per heavy atom. The van der Waals surface area contributed by atoms with Crippen LogP contribution in [0, 0.1) is 22.7 Å². The number of aromatic amines is 1. The van der Waals surface area contributed by atoms with Gasteiger partial charge in [-0.3, -0.25) is 19.4 Å². The minimum Gasteiger partial charge on any atom is -0.468 e. The second kappa shape index (κ2) is 16.4. The van der Waals surface area contributed by atoms with Crippen molar-refractivity contribution in [2.45, 2.75) is 131 Å². The molecule has 13 nitrogen and oxygen atoms in total. The molecule has 9 rings (SSSR count). The van der Waals surface area contributed by atoms with E-state index in [1.54, 1.807) is 17.9 Å². The first kappa shape index (κ1) is 46.8. The molecule has 1 saturated carbocycles. The SMILES string of the molecule is CC[C@]1(O)C[C@H]2CN(CCc3c([nH]c4ccc(SSC(C)(C)C)cc34)[C@@](C(=O)OC)(C3C=C4C(=CC3OC)N(C)[C@H]3[C@@](O)(C(=O)OC)[C@H](OC(C)=O)[C@]5(CC)C=CCN6CC[C@]43[C@@H]65)C2)C1. The highest BCUT2D eigenvalue weighted by molar-refractivity contribution is 8.77. The normalized spacial score (nSPS) is 38.6. The molecule has 1 aromatic carbocycles. The van der Waals surface area contributed by atoms with Crippen LogP contribution < -0.4 is 0 Å². The molecule has 2 aromatic rings. The van der Waals surface area contributed by atoms with Crippen LogP contribution in [0.2, 0.25) is 0 Å². The molecule has 3 N–H and O–H groups in total. The van der Waals surface area contributed by atoms with Crippen LogP contribution in [0.15, 0.2) is 58.7 Å². The van der Waals surface area contributed by atoms with Crippen LogP contribution in [0.1, 0.15) is 84.9 Å². The first-order valence-corrected chi connectivity index (χ1v) is 25.6. The van der Waals surface area contributed by atoms with Crippen molar-refractivity contribution in [2.24, 2.45) is 22.7 Å². The molecular weight excluding hydrogens is 865 g/mol. The molecule has 15 heteroatoms. The summed E-state index contributed by atoms with van der Waals surface area (Å²) in [6.45, 7) is 15.3. The molecule has 3 saturated heterocycles. The van der Waals surface area contributed by atoms with E-state index in [4.69, 9.17) is 18.9 Å². The molecule has 2 bridgehead atoms. The maximum Gasteiger partial charge on any atom is 0.344 e. The third kappa shape index (κ3) is 6.85. The molecule has 6 heterocycles. The summed E-state index contributed by atoms with van der Waals surface area (Å²) in [5.74, 6) is -2.56. The summed E-state index contributed by atoms with van der Waals surface area (Å²) in [5.41, 5.74) is -1.91. The number of likely N-dealkylation sites (N-methyl/N-ethyl adjacent to an activating group) is 1. The molecule has 5 aliphatic heterocycles. The zero-order valence-corrected chi connectivity index (χ0v) is 41.3. The van der Waals surface area contributed by atoms with E-state index in [0.717, 1.165) is 44.9 Å². The van der Waals surface area contributed by atoms with Crippen LogP contribution in [0.4, 0.5) is 0 Å². The molecule has 0 radical (unpaired) electrons. The Morgan fingerprint density at radius 2 is 1.74 bits per heavy atom. The molecule has 2 aliphatic carbocycles. The van der Waals surface area contributed by atoms with Crippen molar-refractivity contribution in [3.05, 3.63) is 65.0 Å². The molecule has 7 aliphatic rings. The van der Waals surface area contributed by atoms with Crippen LogP contribution in [-0.4, -0.2) is 149 Å². The predicted octanol–water partition coefficient (Wildman–Crippen LogP) is 6.17. The number of H-pyrrole nitrogens is 1. The standard InChI is InChI=1S/C50H68N4O9S2/c1-11-46(58)25-30-26-49(43(56)61-9,39-32(16-20-53(27-30)28-46)33-22-31(14-15-36(33)51-39)64-65-45(4,5)6)35-23-34-37(24-38(35)60-8)52(7)41-48(34)18-21-54-19-13-17-47(12-2,40(48)54)42(63-29(3)55)50(41,59)44(57)62-10/h13-15,17,22-24,30,35,38,40-42,51,58-59H,11-12,16,18-21,25-28H2,1-10H3/t30-,35?,38?,40+,41-,42-,46+,47-,48-,49+,50+/m1/s1. The lowest BCUT2D eigenvalue weighted by Crippen LogP contribution is -2.79. The number of rotatable bonds is 9. The number of carbonyl (C=O) groups is 3. The minimum absolute atomic E-state index is 0.0432. The Balaban J connectivity index is 1.32. The van der Waals surface area contributed by atoms with Gasteiger partial charge in [0.2, 0.25) is 5.60 Å². The average molecular weight is 933 g/mol. The number of esters is 3. The molecule has 4 fully saturated rings. The van der Waals surface area contributed by atoms with Gasteiger partial charge in [0.25, 0.3) is 0 Å². The molecular formula is C50H68N4O9S2. The Bertz CT molecular complexity index is 2360. The van der Waals surface area contributed by atoms with E-state index in [2.05, 4.69) is 78.1 Å². The fraction of sp³-hybridized carbons (Fsp3) is 0.660. The van der Waals surface area contributed by atoms with Crippen LogP contribution in [-0.2, 0) is 45.2 Å². The summed E-state index contributed by atoms with van der Waals surface area (Å²) in [6.07, 6.45) is 9.73. The van der Waals surface area contributed by atoms with Crippen LogP contribution >= 0.6 is 21.6 Å². The van der Waals surface area contributed by atoms with Crippen molar-refractivity contribution in [2.75, 3.05) is 61.1 Å². The molecule has 1 aromatic heterocycles. The molecule has 1 spiro atoms. The van der Waals surface area contributed by atoms with E-state index >= 15 is 4.79 Å². The number of ether oxygens (including phenoxy) is 4. The number of aromatic nitrogens is 1. The first-order valence-electron chi connectivity index (χ1n) is 23.4. The fourth-order valence-corrected chi connectivity index (χ4v) is 16.2. The molecule has 0 amide bonds. The van der Waals surface area contributed by atoms with E-state index < -0.39 is 63.6 Å². The molecule has 3 unspecified atom stereocenters. The van der Waals surface area contributed by atoms with Gasteiger partial charge in [-0.15, -0.1) is 0 Å². The average Bonchev–Trinajstić information content (AvgIpc) is 3.94. The van der Waals surface area contributed by atoms with Gasteiger partial charge in [0.05, 0.1) is 32.0 Å². The van der Waals surface area contributed by atoms with Gasteiger partial charge in [-0.05, 0) is 86.4 Å². The Hall–Kier alpha value is -3.31. The van der Waals surface area contributed by atoms with E-state index in [0.29, 0.717) is 64.7 Å². The van der Waals surface area contributed by atoms with Crippen molar-refractivity contribution in [3.8, 4) is 0 Å². The summed E-state index contributed by atoms with van der Waals surface area (Å²) in [6, 6.07) is 5.32. The zero-order valence-electron chi connectivity index (χ0n) is 39.7. The number of allylic oxidation sites excluding steroid dienone is 1. The number of aliphatic hydroxyl groups is 2. The molecule has 65 heavy (non-hydrogen) atoms. The van der Waals surface area contributed by atoms with Gasteiger partial charge < -0.3 is 39.0 Å². The number of hydrogen-bond acceptors (Lipinski definition) is 14. The van der Waals surface area contributed by atoms with E-state index in [1.807, 2.05) is 36.6 Å². The van der Waals surface area contributed by atoms with E-state index in [1.165, 1.54) is 21.1 Å². The second-order valence-corrected chi connectivity index (χ2v) is 24.0. The van der Waals surface area contributed by atoms with Gasteiger partial charge in [0, 0.05) is 102 Å². The highest BCUT2D eigenvalue weighted by atomic mass is 33.1. The number of nitrogens with zero attached hydrogens (tertiary/aromatic N) is 3. The van der Waals surface area contributed by atoms with Crippen LogP contribution in [0.3, 0.4) is 0 Å². The lowest BCUT2D eigenvalue weighted by molar-refractivity contribution is -0.243. The highest BCUT2D eigenvalue weighted by Crippen LogP contribution is 2.70. The highest BCUT2D eigenvalue weighted by Gasteiger charge is 2.81. The van der Waals surface area contributed by atoms with E-state index in [-0.39, 0.29) is 22.7 Å². The van der Waals surface area contributed by atoms with Crippen molar-refractivity contribution in [3.63, 3.8) is 0 Å². The van der Waals surface area contributed by atoms with Gasteiger partial charge in [-0.1, -0.05) is 74.4 Å². The number of hydrogen-bond donors (Lipinski definition) is 3. The summed E-state index contributed by atoms with van der Waals surface area (Å²) in [7, 11) is 9.87. The smallest absolute Gasteiger partial charge is 0.344 e. The number of methoxy groups -OCH3 is 3. The van der Waals surface area contributed by atoms with Crippen LogP contribution in [0.25, 0.3) is 10.9 Å². The largest absolute Gasteiger partial charge is 0.468 e. The van der Waals surface area contributed by atoms with E-state index in [9.17, 15) is 19.8 Å². The first-order chi connectivity index (χ1) is 30.8. The zero-order chi connectivity index (χ0) is 46.6. The maximum atomic E-state index is 15.6. The fourth-order valence-electron chi connectivity index (χ4n) is 14.2. The van der Waals surface area contributed by atoms with Crippen molar-refractivity contribution < 1.29 is 43.5 Å². The number of likely N-dealkylation sites (tertiary alicyclic amines) is 1. The summed E-state index contributed by atoms with van der Waals surface area (Å²) >= 11 is 0. The van der Waals surface area contributed by atoms with Gasteiger partial charge in [-0.25, -0.2) is 4.79 Å². The summed E-state index contributed by atoms with van der Waals surface area (Å²) < 4.78 is 24.4. The maximum absolute atomic E-state index is 15.6. The van der Waals surface area contributed by atoms with Gasteiger partial charge >= 0.3 is 17.9 Å². The molecule has 354 valence electrons. The lowest BCUT2D eigenvalue weighted by Gasteiger charge is -2.63. The summed E-state index contributed by atoms with van der Waals surface area (Å²) in [4.78, 5) is 55.0. The van der Waals surface area contributed by atoms with Gasteiger partial charge in [0.15, 0.2) is 6.10 Å². The minimum atomic E-state index is -2.30. The Labute approximate surface area is 391 Å². The third-order valence-electron chi connectivity index (χ3n) is 16.5. The Kier molecular flexibility index (Phi) is 11.8. The number of carbonyl (C=O) groups excluding carboxylic acids is 3. The lowest BCUT2D eigenvalue weighted by atomic mass is 9.47. The molecule has 12 atom stereocenters. The third-order valence-corrected chi connectivity index (χ3v) is 19.8. The van der Waals surface area contributed by atoms with Crippen molar-refractivity contribution in [1.29, 1.82) is 0 Å². The van der Waals surface area contributed by atoms with Gasteiger partial charge in [0.1, 0.15) is 5.41 Å². The monoisotopic (exact) mass is 932 g/mol. The van der Waals surface area contributed by atoms with Crippen LogP contribution in [0.5, 0.6) is 0 Å². The predicted molar refractivity (Wildman–Crippen MR) is 252 cm³/mol. The number of benzene rings is 1. The number of nitrogens with one attached hydrogen (secondary N) is 1. The van der Waals surface area contributed by atoms with Gasteiger partial charge in [-0.2, -0.15) is 0 Å². The van der Waals surface area contributed by atoms with Crippen molar-refractivity contribution >= 4 is 50.4 Å². The quantitative estimate of drug-likeness (QED) is 0.114. The second-order valence-electron chi connectivity index (χ2n) is 21.0. The Morgan fingerprint density at radius 3 is 2.40 bits per heavy atom. The number of piperidine rings is 1.